The minimum Gasteiger partial charge on any atom is -0.484 e. The number of carbonyl (C=O) groups is 1. The molecular formula is C24H29NO2. The van der Waals surface area contributed by atoms with Crippen LogP contribution in [0, 0.1) is 23.2 Å². The van der Waals surface area contributed by atoms with Gasteiger partial charge in [0, 0.05) is 6.54 Å². The summed E-state index contributed by atoms with van der Waals surface area (Å²) in [6.45, 7) is 0.946. The van der Waals surface area contributed by atoms with E-state index in [1.165, 1.54) is 50.3 Å². The van der Waals surface area contributed by atoms with E-state index >= 15 is 0 Å². The smallest absolute Gasteiger partial charge is 0.257 e. The van der Waals surface area contributed by atoms with E-state index in [-0.39, 0.29) is 12.5 Å². The largest absolute Gasteiger partial charge is 0.484 e. The molecule has 2 unspecified atom stereocenters. The van der Waals surface area contributed by atoms with Crippen LogP contribution in [0.4, 0.5) is 0 Å². The molecule has 2 atom stereocenters. The van der Waals surface area contributed by atoms with Crippen molar-refractivity contribution in [2.24, 2.45) is 23.2 Å². The Morgan fingerprint density at radius 2 is 1.67 bits per heavy atom. The van der Waals surface area contributed by atoms with Gasteiger partial charge in [-0.05, 0) is 78.2 Å². The van der Waals surface area contributed by atoms with Crippen molar-refractivity contribution in [3.05, 3.63) is 42.5 Å². The highest BCUT2D eigenvalue weighted by Crippen LogP contribution is 2.57. The molecule has 142 valence electrons. The van der Waals surface area contributed by atoms with Gasteiger partial charge >= 0.3 is 0 Å². The van der Waals surface area contributed by atoms with Crippen LogP contribution in [0.25, 0.3) is 10.8 Å². The maximum absolute atomic E-state index is 12.4. The van der Waals surface area contributed by atoms with Gasteiger partial charge in [0.2, 0.25) is 0 Å². The van der Waals surface area contributed by atoms with E-state index in [0.29, 0.717) is 5.41 Å². The van der Waals surface area contributed by atoms with Crippen LogP contribution in [0.5, 0.6) is 5.75 Å². The van der Waals surface area contributed by atoms with E-state index in [9.17, 15) is 4.79 Å². The van der Waals surface area contributed by atoms with E-state index in [0.717, 1.165) is 35.4 Å². The number of ether oxygens (including phenoxy) is 1. The molecule has 1 amide bonds. The second kappa shape index (κ2) is 6.85. The van der Waals surface area contributed by atoms with Crippen LogP contribution < -0.4 is 10.1 Å². The van der Waals surface area contributed by atoms with E-state index < -0.39 is 0 Å². The molecule has 3 heteroatoms. The first-order chi connectivity index (χ1) is 13.2. The molecule has 3 nitrogen and oxygen atoms in total. The van der Waals surface area contributed by atoms with Gasteiger partial charge in [-0.15, -0.1) is 0 Å². The Bertz CT molecular complexity index is 829. The molecule has 27 heavy (non-hydrogen) atoms. The minimum atomic E-state index is 0.0116. The first-order valence-electron chi connectivity index (χ1n) is 10.6. The van der Waals surface area contributed by atoms with Gasteiger partial charge in [-0.25, -0.2) is 0 Å². The standard InChI is InChI=1S/C24H29NO2/c26-23(15-27-22-8-7-20-3-1-2-4-21(20)11-22)25-16-24-12-17-5-6-18(13-24)10-19(9-17)14-24/h1-4,7-8,11,17-19H,5-6,9-10,12-16H2,(H,25,26). The number of nitrogens with one attached hydrogen (secondary N) is 1. The Labute approximate surface area is 161 Å². The Kier molecular flexibility index (Phi) is 4.34. The lowest BCUT2D eigenvalue weighted by Gasteiger charge is -2.48. The van der Waals surface area contributed by atoms with Crippen LogP contribution in [0.3, 0.4) is 0 Å². The molecule has 6 rings (SSSR count). The van der Waals surface area contributed by atoms with Crippen molar-refractivity contribution in [2.45, 2.75) is 44.9 Å². The third-order valence-corrected chi connectivity index (χ3v) is 7.23. The van der Waals surface area contributed by atoms with Crippen LogP contribution in [-0.2, 0) is 4.79 Å². The van der Waals surface area contributed by atoms with Crippen molar-refractivity contribution in [2.75, 3.05) is 13.2 Å². The van der Waals surface area contributed by atoms with E-state index in [2.05, 4.69) is 17.4 Å². The summed E-state index contributed by atoms with van der Waals surface area (Å²) in [4.78, 5) is 12.4. The summed E-state index contributed by atoms with van der Waals surface area (Å²) in [7, 11) is 0. The normalized spacial score (nSPS) is 31.6. The maximum atomic E-state index is 12.4. The van der Waals surface area contributed by atoms with Crippen LogP contribution in [0.2, 0.25) is 0 Å². The zero-order valence-electron chi connectivity index (χ0n) is 16.0. The van der Waals surface area contributed by atoms with Gasteiger partial charge in [0.05, 0.1) is 0 Å². The summed E-state index contributed by atoms with van der Waals surface area (Å²) in [6, 6.07) is 14.2. The molecule has 0 heterocycles. The average molecular weight is 364 g/mol. The first kappa shape index (κ1) is 17.1. The quantitative estimate of drug-likeness (QED) is 0.817. The molecule has 0 radical (unpaired) electrons. The van der Waals surface area contributed by atoms with Crippen LogP contribution >= 0.6 is 0 Å². The number of rotatable bonds is 5. The Morgan fingerprint density at radius 1 is 0.963 bits per heavy atom. The van der Waals surface area contributed by atoms with Crippen molar-refractivity contribution < 1.29 is 9.53 Å². The van der Waals surface area contributed by atoms with E-state index in [4.69, 9.17) is 4.74 Å². The van der Waals surface area contributed by atoms with Crippen molar-refractivity contribution in [3.8, 4) is 5.75 Å². The minimum absolute atomic E-state index is 0.0116. The van der Waals surface area contributed by atoms with Gasteiger partial charge in [-0.3, -0.25) is 4.79 Å². The van der Waals surface area contributed by atoms with Crippen LogP contribution in [0.15, 0.2) is 42.5 Å². The third kappa shape index (κ3) is 3.56. The Morgan fingerprint density at radius 3 is 2.44 bits per heavy atom. The molecule has 4 fully saturated rings. The molecule has 4 aliphatic rings. The summed E-state index contributed by atoms with van der Waals surface area (Å²) in [6.07, 6.45) is 9.70. The van der Waals surface area contributed by atoms with Gasteiger partial charge in [-0.1, -0.05) is 43.2 Å². The average Bonchev–Trinajstić information content (AvgIpc) is 2.90. The molecule has 0 saturated heterocycles. The molecule has 0 spiro atoms. The molecule has 2 aromatic rings. The SMILES string of the molecule is O=C(COc1ccc2ccccc2c1)NCC12CC3CCC(CC(C3)C1)C2. The topological polar surface area (TPSA) is 38.3 Å². The van der Waals surface area contributed by atoms with Gasteiger partial charge in [-0.2, -0.15) is 0 Å². The third-order valence-electron chi connectivity index (χ3n) is 7.23. The molecule has 2 aromatic carbocycles. The molecule has 4 bridgehead atoms. The number of hydrogen-bond acceptors (Lipinski definition) is 2. The highest BCUT2D eigenvalue weighted by Gasteiger charge is 2.48. The highest BCUT2D eigenvalue weighted by atomic mass is 16.5. The van der Waals surface area contributed by atoms with Crippen molar-refractivity contribution >= 4 is 16.7 Å². The molecule has 4 aliphatic carbocycles. The fourth-order valence-corrected chi connectivity index (χ4v) is 6.33. The lowest BCUT2D eigenvalue weighted by Crippen LogP contribution is -2.46. The number of hydrogen-bond donors (Lipinski definition) is 1. The molecule has 0 aliphatic heterocycles. The molecule has 4 saturated carbocycles. The summed E-state index contributed by atoms with van der Waals surface area (Å²) in [5.74, 6) is 3.49. The summed E-state index contributed by atoms with van der Waals surface area (Å²) >= 11 is 0. The number of benzene rings is 2. The summed E-state index contributed by atoms with van der Waals surface area (Å²) < 4.78 is 5.76. The first-order valence-corrected chi connectivity index (χ1v) is 10.6. The fraction of sp³-hybridized carbons (Fsp3) is 0.542. The van der Waals surface area contributed by atoms with E-state index in [1.807, 2.05) is 30.3 Å². The van der Waals surface area contributed by atoms with E-state index in [1.54, 1.807) is 0 Å². The predicted molar refractivity (Wildman–Crippen MR) is 108 cm³/mol. The number of carbonyl (C=O) groups excluding carboxylic acids is 1. The predicted octanol–water partition coefficient (Wildman–Crippen LogP) is 4.94. The van der Waals surface area contributed by atoms with Crippen LogP contribution in [-0.4, -0.2) is 19.1 Å². The molecular weight excluding hydrogens is 334 g/mol. The monoisotopic (exact) mass is 363 g/mol. The zero-order chi connectivity index (χ0) is 18.3. The van der Waals surface area contributed by atoms with Crippen molar-refractivity contribution in [1.82, 2.24) is 5.32 Å². The molecule has 1 N–H and O–H groups in total. The summed E-state index contributed by atoms with van der Waals surface area (Å²) in [5.41, 5.74) is 0.367. The number of amides is 1. The van der Waals surface area contributed by atoms with Crippen LogP contribution in [0.1, 0.15) is 44.9 Å². The lowest BCUT2D eigenvalue weighted by atomic mass is 9.58. The molecule has 0 aromatic heterocycles. The summed E-state index contributed by atoms with van der Waals surface area (Å²) in [5, 5.41) is 5.54. The highest BCUT2D eigenvalue weighted by molar-refractivity contribution is 5.84. The number of fused-ring (bicyclic) bond motifs is 2. The Hall–Kier alpha value is -2.03. The maximum Gasteiger partial charge on any atom is 0.257 e. The van der Waals surface area contributed by atoms with Crippen molar-refractivity contribution in [1.29, 1.82) is 0 Å². The Balaban J connectivity index is 1.17. The zero-order valence-corrected chi connectivity index (χ0v) is 16.0. The van der Waals surface area contributed by atoms with Gasteiger partial charge in [0.15, 0.2) is 6.61 Å². The van der Waals surface area contributed by atoms with Gasteiger partial charge < -0.3 is 10.1 Å². The second-order valence-electron chi connectivity index (χ2n) is 9.33. The van der Waals surface area contributed by atoms with Gasteiger partial charge in [0.25, 0.3) is 5.91 Å². The van der Waals surface area contributed by atoms with Gasteiger partial charge in [0.1, 0.15) is 5.75 Å². The fourth-order valence-electron chi connectivity index (χ4n) is 6.33. The lowest BCUT2D eigenvalue weighted by molar-refractivity contribution is -0.124. The second-order valence-corrected chi connectivity index (χ2v) is 9.33. The van der Waals surface area contributed by atoms with Crippen molar-refractivity contribution in [3.63, 3.8) is 0 Å².